The van der Waals surface area contributed by atoms with Crippen LogP contribution in [0.4, 0.5) is 0 Å². The molecule has 2 rings (SSSR count). The van der Waals surface area contributed by atoms with Gasteiger partial charge in [-0.05, 0) is 19.4 Å². The molecule has 0 aliphatic carbocycles. The number of carbonyl (C=O) groups excluding carboxylic acids is 1. The van der Waals surface area contributed by atoms with E-state index in [-0.39, 0.29) is 18.0 Å². The Morgan fingerprint density at radius 1 is 1.33 bits per heavy atom. The number of likely N-dealkylation sites (N-methyl/N-ethyl adjacent to an activating group) is 1. The lowest BCUT2D eigenvalue weighted by Gasteiger charge is -2.45. The van der Waals surface area contributed by atoms with Gasteiger partial charge in [0.2, 0.25) is 5.91 Å². The molecule has 1 aliphatic rings. The molecular weight excluding hydrogens is 188 g/mol. The van der Waals surface area contributed by atoms with Gasteiger partial charge in [-0.2, -0.15) is 0 Å². The van der Waals surface area contributed by atoms with Crippen LogP contribution in [0.1, 0.15) is 24.1 Å². The number of rotatable bonds is 2. The number of benzene rings is 1. The smallest absolute Gasteiger partial charge is 0.242 e. The van der Waals surface area contributed by atoms with Gasteiger partial charge in [0.25, 0.3) is 0 Å². The van der Waals surface area contributed by atoms with E-state index in [9.17, 15) is 4.79 Å². The first-order chi connectivity index (χ1) is 7.15. The zero-order valence-electron chi connectivity index (χ0n) is 9.10. The third-order valence-corrected chi connectivity index (χ3v) is 3.00. The average molecular weight is 204 g/mol. The molecule has 1 saturated heterocycles. The minimum absolute atomic E-state index is 0.0584. The van der Waals surface area contributed by atoms with Crippen LogP contribution in [0.15, 0.2) is 24.3 Å². The monoisotopic (exact) mass is 204 g/mol. The molecule has 1 aromatic rings. The molecule has 0 bridgehead atoms. The van der Waals surface area contributed by atoms with Crippen molar-refractivity contribution in [3.8, 4) is 0 Å². The molecule has 0 aromatic heterocycles. The molecule has 1 amide bonds. The van der Waals surface area contributed by atoms with Gasteiger partial charge in [-0.15, -0.1) is 0 Å². The summed E-state index contributed by atoms with van der Waals surface area (Å²) in [7, 11) is 0. The first-order valence-corrected chi connectivity index (χ1v) is 5.27. The maximum Gasteiger partial charge on any atom is 0.242 e. The Morgan fingerprint density at radius 2 is 1.93 bits per heavy atom. The van der Waals surface area contributed by atoms with Crippen LogP contribution in [-0.4, -0.2) is 23.4 Å². The normalized spacial score (nSPS) is 25.3. The van der Waals surface area contributed by atoms with E-state index in [1.165, 1.54) is 5.56 Å². The van der Waals surface area contributed by atoms with Gasteiger partial charge in [-0.25, -0.2) is 0 Å². The molecular formula is C12H16N2O. The zero-order chi connectivity index (χ0) is 11.0. The molecule has 1 fully saturated rings. The maximum absolute atomic E-state index is 11.4. The van der Waals surface area contributed by atoms with E-state index >= 15 is 0 Å². The number of aryl methyl sites for hydroxylation is 1. The Hall–Kier alpha value is -1.35. The SMILES string of the molecule is CCN1C(=O)[C@H](N)[C@H]1c1ccc(C)cc1. The molecule has 2 atom stereocenters. The summed E-state index contributed by atoms with van der Waals surface area (Å²) in [5.41, 5.74) is 8.17. The second-order valence-corrected chi connectivity index (χ2v) is 4.01. The molecule has 15 heavy (non-hydrogen) atoms. The molecule has 0 unspecified atom stereocenters. The Labute approximate surface area is 89.9 Å². The van der Waals surface area contributed by atoms with Crippen molar-refractivity contribution in [2.24, 2.45) is 5.73 Å². The number of amides is 1. The van der Waals surface area contributed by atoms with Crippen molar-refractivity contribution in [3.05, 3.63) is 35.4 Å². The van der Waals surface area contributed by atoms with Gasteiger partial charge in [0, 0.05) is 6.54 Å². The lowest BCUT2D eigenvalue weighted by Crippen LogP contribution is -2.62. The van der Waals surface area contributed by atoms with Crippen LogP contribution in [-0.2, 0) is 4.79 Å². The lowest BCUT2D eigenvalue weighted by molar-refractivity contribution is -0.149. The van der Waals surface area contributed by atoms with Crippen molar-refractivity contribution in [2.45, 2.75) is 25.9 Å². The van der Waals surface area contributed by atoms with Gasteiger partial charge in [-0.1, -0.05) is 29.8 Å². The van der Waals surface area contributed by atoms with Crippen LogP contribution >= 0.6 is 0 Å². The second-order valence-electron chi connectivity index (χ2n) is 4.01. The molecule has 0 spiro atoms. The average Bonchev–Trinajstić information content (AvgIpc) is 2.26. The number of nitrogens with two attached hydrogens (primary N) is 1. The van der Waals surface area contributed by atoms with Gasteiger partial charge >= 0.3 is 0 Å². The molecule has 1 aromatic carbocycles. The molecule has 0 radical (unpaired) electrons. The third-order valence-electron chi connectivity index (χ3n) is 3.00. The fourth-order valence-corrected chi connectivity index (χ4v) is 2.08. The maximum atomic E-state index is 11.4. The number of carbonyl (C=O) groups is 1. The fourth-order valence-electron chi connectivity index (χ4n) is 2.08. The minimum atomic E-state index is -0.354. The van der Waals surface area contributed by atoms with Crippen molar-refractivity contribution in [2.75, 3.05) is 6.54 Å². The van der Waals surface area contributed by atoms with Crippen molar-refractivity contribution in [3.63, 3.8) is 0 Å². The van der Waals surface area contributed by atoms with Crippen LogP contribution < -0.4 is 5.73 Å². The standard InChI is InChI=1S/C12H16N2O/c1-3-14-11(10(13)12(14)15)9-6-4-8(2)5-7-9/h4-7,10-11H,3,13H2,1-2H3/t10-,11-/m1/s1. The predicted octanol–water partition coefficient (Wildman–Crippen LogP) is 1.23. The zero-order valence-corrected chi connectivity index (χ0v) is 9.10. The van der Waals surface area contributed by atoms with E-state index < -0.39 is 0 Å². The second kappa shape index (κ2) is 3.66. The Morgan fingerprint density at radius 3 is 2.47 bits per heavy atom. The van der Waals surface area contributed by atoms with Crippen LogP contribution in [0.3, 0.4) is 0 Å². The largest absolute Gasteiger partial charge is 0.332 e. The van der Waals surface area contributed by atoms with Crippen molar-refractivity contribution in [1.29, 1.82) is 0 Å². The molecule has 2 N–H and O–H groups in total. The van der Waals surface area contributed by atoms with Crippen molar-refractivity contribution in [1.82, 2.24) is 4.90 Å². The van der Waals surface area contributed by atoms with E-state index in [4.69, 9.17) is 5.73 Å². The van der Waals surface area contributed by atoms with Gasteiger partial charge in [-0.3, -0.25) is 4.79 Å². The highest BCUT2D eigenvalue weighted by Gasteiger charge is 2.44. The number of likely N-dealkylation sites (tertiary alicyclic amines) is 1. The first-order valence-electron chi connectivity index (χ1n) is 5.27. The van der Waals surface area contributed by atoms with Gasteiger partial charge in [0.1, 0.15) is 6.04 Å². The van der Waals surface area contributed by atoms with Gasteiger partial charge in [0.15, 0.2) is 0 Å². The van der Waals surface area contributed by atoms with Crippen LogP contribution in [0.5, 0.6) is 0 Å². The summed E-state index contributed by atoms with van der Waals surface area (Å²) < 4.78 is 0. The summed E-state index contributed by atoms with van der Waals surface area (Å²) in [5, 5.41) is 0. The third kappa shape index (κ3) is 1.53. The van der Waals surface area contributed by atoms with Crippen LogP contribution in [0, 0.1) is 6.92 Å². The highest BCUT2D eigenvalue weighted by atomic mass is 16.2. The summed E-state index contributed by atoms with van der Waals surface area (Å²) >= 11 is 0. The molecule has 0 saturated carbocycles. The van der Waals surface area contributed by atoms with E-state index in [2.05, 4.69) is 24.3 Å². The number of hydrogen-bond donors (Lipinski definition) is 1. The van der Waals surface area contributed by atoms with E-state index in [1.807, 2.05) is 18.7 Å². The summed E-state index contributed by atoms with van der Waals surface area (Å²) in [5.74, 6) is 0.0584. The van der Waals surface area contributed by atoms with E-state index in [0.29, 0.717) is 0 Å². The summed E-state index contributed by atoms with van der Waals surface area (Å²) in [6.07, 6.45) is 0. The topological polar surface area (TPSA) is 46.3 Å². The Bertz CT molecular complexity index is 372. The van der Waals surface area contributed by atoms with Gasteiger partial charge < -0.3 is 10.6 Å². The summed E-state index contributed by atoms with van der Waals surface area (Å²) in [6, 6.07) is 7.93. The lowest BCUT2D eigenvalue weighted by atomic mass is 9.89. The van der Waals surface area contributed by atoms with Crippen molar-refractivity contribution < 1.29 is 4.79 Å². The number of hydrogen-bond acceptors (Lipinski definition) is 2. The van der Waals surface area contributed by atoms with Gasteiger partial charge in [0.05, 0.1) is 6.04 Å². The van der Waals surface area contributed by atoms with Crippen molar-refractivity contribution >= 4 is 5.91 Å². The van der Waals surface area contributed by atoms with E-state index in [1.54, 1.807) is 0 Å². The highest BCUT2D eigenvalue weighted by Crippen LogP contribution is 2.33. The molecule has 1 heterocycles. The van der Waals surface area contributed by atoms with E-state index in [0.717, 1.165) is 12.1 Å². The fraction of sp³-hybridized carbons (Fsp3) is 0.417. The predicted molar refractivity (Wildman–Crippen MR) is 59.3 cm³/mol. The molecule has 80 valence electrons. The number of nitrogens with zero attached hydrogens (tertiary/aromatic N) is 1. The van der Waals surface area contributed by atoms with Crippen LogP contribution in [0.25, 0.3) is 0 Å². The number of β-lactam (4-membered cyclic amide) rings is 1. The quantitative estimate of drug-likeness (QED) is 0.736. The van der Waals surface area contributed by atoms with Crippen LogP contribution in [0.2, 0.25) is 0 Å². The molecule has 3 nitrogen and oxygen atoms in total. The molecule has 1 aliphatic heterocycles. The first kappa shape index (κ1) is 10.2. The highest BCUT2D eigenvalue weighted by molar-refractivity contribution is 5.89. The summed E-state index contributed by atoms with van der Waals surface area (Å²) in [4.78, 5) is 13.3. The minimum Gasteiger partial charge on any atom is -0.332 e. The Kier molecular flexibility index (Phi) is 2.49. The Balaban J connectivity index is 2.24. The molecule has 3 heteroatoms. The summed E-state index contributed by atoms with van der Waals surface area (Å²) in [6.45, 7) is 4.75.